The molecule has 2 aromatic carbocycles. The lowest BCUT2D eigenvalue weighted by Crippen LogP contribution is -2.41. The van der Waals surface area contributed by atoms with Gasteiger partial charge in [0.1, 0.15) is 23.6 Å². The molecule has 1 atom stereocenters. The second kappa shape index (κ2) is 11.3. The number of aromatic nitrogens is 4. The molecule has 2 fully saturated rings. The number of amides is 1. The number of piperidine rings is 1. The van der Waals surface area contributed by atoms with Gasteiger partial charge in [-0.15, -0.1) is 0 Å². The predicted octanol–water partition coefficient (Wildman–Crippen LogP) is 6.21. The van der Waals surface area contributed by atoms with E-state index in [2.05, 4.69) is 14.8 Å². The molecule has 6 rings (SSSR count). The van der Waals surface area contributed by atoms with E-state index in [0.29, 0.717) is 63.8 Å². The van der Waals surface area contributed by atoms with Crippen molar-refractivity contribution in [2.45, 2.75) is 38.6 Å². The maximum Gasteiger partial charge on any atom is 0.252 e. The van der Waals surface area contributed by atoms with E-state index in [4.69, 9.17) is 38.5 Å². The normalized spacial score (nSPS) is 17.2. The second-order valence-electron chi connectivity index (χ2n) is 10.7. The molecule has 1 aliphatic heterocycles. The first kappa shape index (κ1) is 27.5. The van der Waals surface area contributed by atoms with E-state index in [1.165, 1.54) is 6.33 Å². The van der Waals surface area contributed by atoms with Crippen LogP contribution in [0.5, 0.6) is 17.2 Å². The number of hydrogen-bond acceptors (Lipinski definition) is 7. The Morgan fingerprint density at radius 2 is 2.00 bits per heavy atom. The van der Waals surface area contributed by atoms with Crippen LogP contribution in [0.25, 0.3) is 27.1 Å². The van der Waals surface area contributed by atoms with E-state index in [1.807, 2.05) is 48.0 Å². The summed E-state index contributed by atoms with van der Waals surface area (Å²) in [7, 11) is 1.57. The second-order valence-corrected chi connectivity index (χ2v) is 11.1. The maximum atomic E-state index is 13.2. The summed E-state index contributed by atoms with van der Waals surface area (Å²) in [5.74, 6) is 2.05. The van der Waals surface area contributed by atoms with Gasteiger partial charge in [-0.25, -0.2) is 19.5 Å². The van der Waals surface area contributed by atoms with Crippen molar-refractivity contribution in [2.24, 2.45) is 5.92 Å². The number of carbonyl (C=O) groups is 1. The topological polar surface area (TPSA) is 113 Å². The summed E-state index contributed by atoms with van der Waals surface area (Å²) in [5, 5.41) is 6.22. The number of nitrogens with zero attached hydrogens (tertiary/aromatic N) is 6. The molecule has 0 bridgehead atoms. The molecule has 3 heterocycles. The molecule has 2 N–H and O–H groups in total. The highest BCUT2D eigenvalue weighted by molar-refractivity contribution is 6.31. The highest BCUT2D eigenvalue weighted by Gasteiger charge is 2.31. The number of rotatable bonds is 7. The number of fused-ring (bicyclic) bond motifs is 1. The molecule has 1 saturated heterocycles. The quantitative estimate of drug-likeness (QED) is 0.203. The van der Waals surface area contributed by atoms with Crippen LogP contribution >= 0.6 is 11.6 Å². The van der Waals surface area contributed by atoms with E-state index >= 15 is 0 Å². The first-order chi connectivity index (χ1) is 20.4. The standard InChI is InChI=1S/C31H30ClN7O3/c1-18-6-10-22(15-23(18)32)42-25-11-9-20(14-26(25)41-3)28-27-29(33)35-17-36-30(27)39(37-28)21-5-4-12-38(16-21)31(40)24(34-2)13-19-7-8-19/h6,9-11,13-15,17,19,21H,4-5,7-8,12,16H2,1,3H3,(H2,33,35,36)/b24-13-. The van der Waals surface area contributed by atoms with Crippen LogP contribution in [0.3, 0.4) is 0 Å². The van der Waals surface area contributed by atoms with Crippen molar-refractivity contribution in [3.8, 4) is 28.5 Å². The molecule has 1 unspecified atom stereocenters. The Balaban J connectivity index is 1.33. The first-order valence-corrected chi connectivity index (χ1v) is 14.2. The van der Waals surface area contributed by atoms with Crippen LogP contribution in [-0.4, -0.2) is 50.8 Å². The third-order valence-electron chi connectivity index (χ3n) is 7.71. The number of methoxy groups -OCH3 is 1. The lowest BCUT2D eigenvalue weighted by molar-refractivity contribution is -0.128. The van der Waals surface area contributed by atoms with Crippen LogP contribution in [0.1, 0.15) is 37.3 Å². The number of aryl methyl sites for hydroxylation is 1. The van der Waals surface area contributed by atoms with Gasteiger partial charge in [0.2, 0.25) is 5.70 Å². The van der Waals surface area contributed by atoms with Crippen LogP contribution in [0.15, 0.2) is 54.5 Å². The summed E-state index contributed by atoms with van der Waals surface area (Å²) < 4.78 is 13.6. The van der Waals surface area contributed by atoms with Gasteiger partial charge in [0, 0.05) is 23.7 Å². The first-order valence-electron chi connectivity index (χ1n) is 13.9. The maximum absolute atomic E-state index is 13.2. The Morgan fingerprint density at radius 3 is 2.74 bits per heavy atom. The summed E-state index contributed by atoms with van der Waals surface area (Å²) in [6.45, 7) is 10.5. The zero-order valence-corrected chi connectivity index (χ0v) is 24.1. The SMILES string of the molecule is [C-]#[N+]/C(=C\C1CC1)C(=O)N1CCCC(n2nc(-c3ccc(Oc4ccc(C)c(Cl)c4)c(OC)c3)c3c(N)ncnc32)C1. The Labute approximate surface area is 248 Å². The van der Waals surface area contributed by atoms with Crippen molar-refractivity contribution >= 4 is 34.4 Å². The Hall–Kier alpha value is -4.62. The zero-order valence-electron chi connectivity index (χ0n) is 23.4. The van der Waals surface area contributed by atoms with Crippen molar-refractivity contribution < 1.29 is 14.3 Å². The van der Waals surface area contributed by atoms with E-state index < -0.39 is 0 Å². The van der Waals surface area contributed by atoms with Gasteiger partial charge in [0.25, 0.3) is 5.91 Å². The number of anilines is 1. The number of allylic oxidation sites excluding steroid dienone is 1. The van der Waals surface area contributed by atoms with Crippen molar-refractivity contribution in [1.82, 2.24) is 24.6 Å². The number of carbonyl (C=O) groups excluding carboxylic acids is 1. The Kier molecular flexibility index (Phi) is 7.43. The van der Waals surface area contributed by atoms with Gasteiger partial charge < -0.3 is 20.1 Å². The van der Waals surface area contributed by atoms with Crippen molar-refractivity contribution in [2.75, 3.05) is 25.9 Å². The lowest BCUT2D eigenvalue weighted by atomic mass is 10.1. The van der Waals surface area contributed by atoms with Crippen molar-refractivity contribution in [3.05, 3.63) is 76.5 Å². The molecule has 10 nitrogen and oxygen atoms in total. The fourth-order valence-corrected chi connectivity index (χ4v) is 5.43. The van der Waals surface area contributed by atoms with Crippen molar-refractivity contribution in [3.63, 3.8) is 0 Å². The van der Waals surface area contributed by atoms with Crippen LogP contribution in [0.4, 0.5) is 5.82 Å². The largest absolute Gasteiger partial charge is 0.493 e. The van der Waals surface area contributed by atoms with Crippen molar-refractivity contribution in [1.29, 1.82) is 0 Å². The summed E-state index contributed by atoms with van der Waals surface area (Å²) in [6.07, 6.45) is 6.91. The molecule has 2 aromatic heterocycles. The number of likely N-dealkylation sites (tertiary alicyclic amines) is 1. The minimum atomic E-state index is -0.220. The molecular weight excluding hydrogens is 554 g/mol. The van der Waals surface area contributed by atoms with E-state index in [0.717, 1.165) is 36.8 Å². The summed E-state index contributed by atoms with van der Waals surface area (Å²) in [4.78, 5) is 27.3. The summed E-state index contributed by atoms with van der Waals surface area (Å²) >= 11 is 6.28. The number of benzene rings is 2. The number of hydrogen-bond donors (Lipinski definition) is 1. The monoisotopic (exact) mass is 583 g/mol. The molecule has 2 aliphatic rings. The third kappa shape index (κ3) is 5.35. The fraction of sp³-hybridized carbons (Fsp3) is 0.323. The van der Waals surface area contributed by atoms with E-state index in [9.17, 15) is 4.79 Å². The van der Waals surface area contributed by atoms with Gasteiger partial charge in [0.05, 0.1) is 25.1 Å². The molecule has 1 aliphatic carbocycles. The number of halogens is 1. The van der Waals surface area contributed by atoms with Gasteiger partial charge in [-0.1, -0.05) is 23.7 Å². The van der Waals surface area contributed by atoms with Crippen LogP contribution in [0, 0.1) is 19.4 Å². The Bertz CT molecular complexity index is 1760. The smallest absolute Gasteiger partial charge is 0.252 e. The van der Waals surface area contributed by atoms with Crippen LogP contribution < -0.4 is 15.2 Å². The van der Waals surface area contributed by atoms with Gasteiger partial charge in [-0.05, 0) is 74.4 Å². The summed E-state index contributed by atoms with van der Waals surface area (Å²) in [6, 6.07) is 10.9. The fourth-order valence-electron chi connectivity index (χ4n) is 5.26. The molecule has 214 valence electrons. The number of ether oxygens (including phenoxy) is 2. The molecule has 0 spiro atoms. The van der Waals surface area contributed by atoms with Gasteiger partial charge in [-0.2, -0.15) is 5.10 Å². The Morgan fingerprint density at radius 1 is 1.17 bits per heavy atom. The minimum Gasteiger partial charge on any atom is -0.493 e. The van der Waals surface area contributed by atoms with Crippen LogP contribution in [0.2, 0.25) is 5.02 Å². The molecule has 4 aromatic rings. The highest BCUT2D eigenvalue weighted by atomic mass is 35.5. The van der Waals surface area contributed by atoms with E-state index in [-0.39, 0.29) is 17.6 Å². The number of nitrogens with two attached hydrogens (primary N) is 1. The molecule has 42 heavy (non-hydrogen) atoms. The lowest BCUT2D eigenvalue weighted by Gasteiger charge is -2.33. The third-order valence-corrected chi connectivity index (χ3v) is 8.12. The average Bonchev–Trinajstić information content (AvgIpc) is 3.74. The highest BCUT2D eigenvalue weighted by Crippen LogP contribution is 2.40. The molecule has 1 amide bonds. The van der Waals surface area contributed by atoms with Gasteiger partial charge in [0.15, 0.2) is 17.1 Å². The zero-order chi connectivity index (χ0) is 29.4. The molecular formula is C31H30ClN7O3. The molecule has 1 saturated carbocycles. The minimum absolute atomic E-state index is 0.142. The van der Waals surface area contributed by atoms with Gasteiger partial charge in [-0.3, -0.25) is 4.79 Å². The number of nitrogen functional groups attached to an aromatic ring is 1. The average molecular weight is 584 g/mol. The van der Waals surface area contributed by atoms with Gasteiger partial charge >= 0.3 is 0 Å². The molecule has 11 heteroatoms. The van der Waals surface area contributed by atoms with E-state index in [1.54, 1.807) is 18.1 Å². The van der Waals surface area contributed by atoms with Crippen LogP contribution in [-0.2, 0) is 4.79 Å². The predicted molar refractivity (Wildman–Crippen MR) is 160 cm³/mol. The molecule has 0 radical (unpaired) electrons. The summed E-state index contributed by atoms with van der Waals surface area (Å²) in [5.41, 5.74) is 9.48.